The van der Waals surface area contributed by atoms with E-state index >= 15 is 0 Å². The number of phenolic OH excluding ortho intramolecular Hbond substituents is 1. The molecular formula is C14H12O2. The zero-order valence-electron chi connectivity index (χ0n) is 8.76. The van der Waals surface area contributed by atoms with Crippen molar-refractivity contribution in [2.24, 2.45) is 5.92 Å². The molecule has 2 heteroatoms. The number of rotatable bonds is 3. The molecule has 0 bridgehead atoms. The summed E-state index contributed by atoms with van der Waals surface area (Å²) in [5, 5.41) is 9.57. The van der Waals surface area contributed by atoms with Crippen molar-refractivity contribution in [2.75, 3.05) is 0 Å². The molecule has 1 N–H and O–H groups in total. The fourth-order valence-corrected chi connectivity index (χ4v) is 1.65. The molecule has 0 fully saturated rings. The van der Waals surface area contributed by atoms with Crippen molar-refractivity contribution < 1.29 is 9.90 Å². The lowest BCUT2D eigenvalue weighted by Gasteiger charge is -2.09. The maximum Gasteiger partial charge on any atom is 0.193 e. The lowest BCUT2D eigenvalue weighted by atomic mass is 9.94. The highest BCUT2D eigenvalue weighted by Gasteiger charge is 2.19. The van der Waals surface area contributed by atoms with Gasteiger partial charge in [0.2, 0.25) is 0 Å². The number of Topliss-reactive ketones (excluding diaryl/α,β-unsaturated/α-hetero) is 1. The Hall–Kier alpha value is -2.09. The third kappa shape index (κ3) is 1.82. The topological polar surface area (TPSA) is 37.3 Å². The molecule has 0 radical (unpaired) electrons. The van der Waals surface area contributed by atoms with Gasteiger partial charge in [0.15, 0.2) is 5.78 Å². The molecular weight excluding hydrogens is 200 g/mol. The summed E-state index contributed by atoms with van der Waals surface area (Å²) in [5.41, 5.74) is 0.785. The second-order valence-corrected chi connectivity index (χ2v) is 3.67. The van der Waals surface area contributed by atoms with E-state index in [9.17, 15) is 9.90 Å². The van der Waals surface area contributed by atoms with Gasteiger partial charge in [-0.1, -0.05) is 43.0 Å². The zero-order chi connectivity index (χ0) is 11.5. The molecule has 0 unspecified atom stereocenters. The Morgan fingerprint density at radius 2 is 1.81 bits per heavy atom. The molecule has 0 saturated heterocycles. The number of hydrogen-bond donors (Lipinski definition) is 1. The van der Waals surface area contributed by atoms with Crippen LogP contribution in [0.25, 0.3) is 0 Å². The van der Waals surface area contributed by atoms with Gasteiger partial charge in [0.25, 0.3) is 0 Å². The molecule has 0 atom stereocenters. The summed E-state index contributed by atoms with van der Waals surface area (Å²) in [6.07, 6.45) is 7.57. The molecule has 0 heterocycles. The molecule has 0 spiro atoms. The Morgan fingerprint density at radius 1 is 1.19 bits per heavy atom. The van der Waals surface area contributed by atoms with Crippen molar-refractivity contribution in [1.29, 1.82) is 0 Å². The first kappa shape index (κ1) is 10.4. The van der Waals surface area contributed by atoms with Crippen LogP contribution in [-0.4, -0.2) is 10.9 Å². The van der Waals surface area contributed by atoms with E-state index in [1.807, 2.05) is 24.3 Å². The Kier molecular flexibility index (Phi) is 2.73. The average molecular weight is 212 g/mol. The molecule has 16 heavy (non-hydrogen) atoms. The SMILES string of the molecule is C=C(C(=O)c1ccccc1O)C1C=CC=C1. The maximum atomic E-state index is 12.0. The number of hydrogen-bond acceptors (Lipinski definition) is 2. The minimum Gasteiger partial charge on any atom is -0.507 e. The smallest absolute Gasteiger partial charge is 0.193 e. The van der Waals surface area contributed by atoms with E-state index in [2.05, 4.69) is 6.58 Å². The summed E-state index contributed by atoms with van der Waals surface area (Å²) >= 11 is 0. The van der Waals surface area contributed by atoms with Crippen molar-refractivity contribution in [3.05, 3.63) is 66.3 Å². The molecule has 0 aliphatic heterocycles. The number of aromatic hydroxyl groups is 1. The molecule has 0 amide bonds. The van der Waals surface area contributed by atoms with Crippen LogP contribution in [0.5, 0.6) is 5.75 Å². The standard InChI is InChI=1S/C14H12O2/c1-10(11-6-2-3-7-11)14(16)12-8-4-5-9-13(12)15/h2-9,11,15H,1H2. The summed E-state index contributed by atoms with van der Waals surface area (Å²) in [4.78, 5) is 12.0. The predicted octanol–water partition coefficient (Wildman–Crippen LogP) is 2.87. The second-order valence-electron chi connectivity index (χ2n) is 3.67. The van der Waals surface area contributed by atoms with Gasteiger partial charge < -0.3 is 5.11 Å². The molecule has 1 aromatic rings. The van der Waals surface area contributed by atoms with E-state index in [0.717, 1.165) is 0 Å². The van der Waals surface area contributed by atoms with Gasteiger partial charge in [-0.2, -0.15) is 0 Å². The number of ketones is 1. The summed E-state index contributed by atoms with van der Waals surface area (Å²) < 4.78 is 0. The van der Waals surface area contributed by atoms with E-state index in [0.29, 0.717) is 11.1 Å². The summed E-state index contributed by atoms with van der Waals surface area (Å²) in [5.74, 6) is -0.258. The van der Waals surface area contributed by atoms with Gasteiger partial charge in [-0.3, -0.25) is 4.79 Å². The Balaban J connectivity index is 2.26. The van der Waals surface area contributed by atoms with Crippen molar-refractivity contribution in [2.45, 2.75) is 0 Å². The number of carbonyl (C=O) groups is 1. The van der Waals surface area contributed by atoms with Gasteiger partial charge in [0.1, 0.15) is 5.75 Å². The van der Waals surface area contributed by atoms with E-state index in [1.165, 1.54) is 6.07 Å². The average Bonchev–Trinajstić information content (AvgIpc) is 2.81. The number of carbonyl (C=O) groups excluding carboxylic acids is 1. The minimum atomic E-state index is -0.209. The van der Waals surface area contributed by atoms with Gasteiger partial charge in [0.05, 0.1) is 5.56 Å². The number of phenols is 1. The van der Waals surface area contributed by atoms with Crippen LogP contribution in [0.3, 0.4) is 0 Å². The van der Waals surface area contributed by atoms with E-state index < -0.39 is 0 Å². The predicted molar refractivity (Wildman–Crippen MR) is 63.3 cm³/mol. The third-order valence-electron chi connectivity index (χ3n) is 2.59. The van der Waals surface area contributed by atoms with Crippen LogP contribution in [0.4, 0.5) is 0 Å². The Labute approximate surface area is 94.2 Å². The maximum absolute atomic E-state index is 12.0. The number of allylic oxidation sites excluding steroid dienone is 5. The summed E-state index contributed by atoms with van der Waals surface area (Å²) in [6, 6.07) is 6.51. The van der Waals surface area contributed by atoms with Crippen LogP contribution >= 0.6 is 0 Å². The van der Waals surface area contributed by atoms with Crippen molar-refractivity contribution in [3.8, 4) is 5.75 Å². The van der Waals surface area contributed by atoms with Crippen molar-refractivity contribution >= 4 is 5.78 Å². The van der Waals surface area contributed by atoms with Gasteiger partial charge in [-0.15, -0.1) is 0 Å². The fraction of sp³-hybridized carbons (Fsp3) is 0.0714. The van der Waals surface area contributed by atoms with E-state index in [1.54, 1.807) is 18.2 Å². The number of para-hydroxylation sites is 1. The van der Waals surface area contributed by atoms with Gasteiger partial charge in [0, 0.05) is 11.5 Å². The van der Waals surface area contributed by atoms with Crippen LogP contribution in [-0.2, 0) is 0 Å². The van der Waals surface area contributed by atoms with E-state index in [-0.39, 0.29) is 17.5 Å². The van der Waals surface area contributed by atoms with E-state index in [4.69, 9.17) is 0 Å². The van der Waals surface area contributed by atoms with Crippen LogP contribution < -0.4 is 0 Å². The monoisotopic (exact) mass is 212 g/mol. The van der Waals surface area contributed by atoms with Gasteiger partial charge in [-0.05, 0) is 12.1 Å². The lowest BCUT2D eigenvalue weighted by Crippen LogP contribution is -2.08. The molecule has 2 rings (SSSR count). The van der Waals surface area contributed by atoms with Crippen LogP contribution in [0.15, 0.2) is 60.7 Å². The minimum absolute atomic E-state index is 0.000365. The second kappa shape index (κ2) is 4.19. The highest BCUT2D eigenvalue weighted by atomic mass is 16.3. The van der Waals surface area contributed by atoms with Crippen molar-refractivity contribution in [3.63, 3.8) is 0 Å². The first-order valence-electron chi connectivity index (χ1n) is 5.06. The Morgan fingerprint density at radius 3 is 2.44 bits per heavy atom. The van der Waals surface area contributed by atoms with Crippen LogP contribution in [0, 0.1) is 5.92 Å². The third-order valence-corrected chi connectivity index (χ3v) is 2.59. The van der Waals surface area contributed by atoms with Crippen LogP contribution in [0.2, 0.25) is 0 Å². The molecule has 0 saturated carbocycles. The fourth-order valence-electron chi connectivity index (χ4n) is 1.65. The van der Waals surface area contributed by atoms with Crippen LogP contribution in [0.1, 0.15) is 10.4 Å². The molecule has 1 aromatic carbocycles. The zero-order valence-corrected chi connectivity index (χ0v) is 8.76. The van der Waals surface area contributed by atoms with Gasteiger partial charge >= 0.3 is 0 Å². The largest absolute Gasteiger partial charge is 0.507 e. The first-order chi connectivity index (χ1) is 7.70. The lowest BCUT2D eigenvalue weighted by molar-refractivity contribution is 0.102. The normalized spacial score (nSPS) is 14.2. The van der Waals surface area contributed by atoms with Gasteiger partial charge in [-0.25, -0.2) is 0 Å². The molecule has 0 aromatic heterocycles. The Bertz CT molecular complexity index is 483. The number of benzene rings is 1. The quantitative estimate of drug-likeness (QED) is 0.618. The molecule has 2 nitrogen and oxygen atoms in total. The summed E-state index contributed by atoms with van der Waals surface area (Å²) in [7, 11) is 0. The van der Waals surface area contributed by atoms with Crippen molar-refractivity contribution in [1.82, 2.24) is 0 Å². The first-order valence-corrected chi connectivity index (χ1v) is 5.06. The molecule has 80 valence electrons. The molecule has 1 aliphatic carbocycles. The molecule has 1 aliphatic rings. The highest BCUT2D eigenvalue weighted by Crippen LogP contribution is 2.25. The highest BCUT2D eigenvalue weighted by molar-refractivity contribution is 6.10. The summed E-state index contributed by atoms with van der Waals surface area (Å²) in [6.45, 7) is 3.79.